The van der Waals surface area contributed by atoms with Gasteiger partial charge in [0.2, 0.25) is 0 Å². The molecule has 0 fully saturated rings. The Bertz CT molecular complexity index is 1280. The molecular weight excluding hydrogens is 401 g/mol. The summed E-state index contributed by atoms with van der Waals surface area (Å²) in [6.45, 7) is 0.775. The molecule has 4 rings (SSSR count). The van der Waals surface area contributed by atoms with Crippen molar-refractivity contribution in [2.75, 3.05) is 13.7 Å². The highest BCUT2D eigenvalue weighted by Crippen LogP contribution is 2.18. The van der Waals surface area contributed by atoms with Gasteiger partial charge in [-0.15, -0.1) is 0 Å². The maximum atomic E-state index is 13.1. The lowest BCUT2D eigenvalue weighted by atomic mass is 10.1. The third kappa shape index (κ3) is 4.36. The summed E-state index contributed by atoms with van der Waals surface area (Å²) in [6.07, 6.45) is 0. The average Bonchev–Trinajstić information content (AvgIpc) is 3.29. The first-order valence-corrected chi connectivity index (χ1v) is 9.64. The number of amides is 1. The Morgan fingerprint density at radius 2 is 1.90 bits per heavy atom. The summed E-state index contributed by atoms with van der Waals surface area (Å²) in [5.74, 6) is -0.717. The van der Waals surface area contributed by atoms with E-state index in [1.54, 1.807) is 43.5 Å². The Kier molecular flexibility index (Phi) is 5.85. The van der Waals surface area contributed by atoms with E-state index >= 15 is 0 Å². The smallest absolute Gasteiger partial charge is 0.274 e. The van der Waals surface area contributed by atoms with E-state index in [9.17, 15) is 14.0 Å². The zero-order chi connectivity index (χ0) is 21.8. The second-order valence-electron chi connectivity index (χ2n) is 6.87. The predicted octanol–water partition coefficient (Wildman–Crippen LogP) is 2.50. The Labute approximate surface area is 176 Å². The molecule has 2 heterocycles. The van der Waals surface area contributed by atoms with E-state index in [0.717, 1.165) is 0 Å². The molecule has 8 nitrogen and oxygen atoms in total. The van der Waals surface area contributed by atoms with Gasteiger partial charge in [0, 0.05) is 18.1 Å². The summed E-state index contributed by atoms with van der Waals surface area (Å²) in [7, 11) is 1.55. The lowest BCUT2D eigenvalue weighted by Gasteiger charge is -2.11. The van der Waals surface area contributed by atoms with Crippen LogP contribution < -0.4 is 10.9 Å². The first-order chi connectivity index (χ1) is 15.1. The summed E-state index contributed by atoms with van der Waals surface area (Å²) in [5.41, 5.74) is 1.84. The Morgan fingerprint density at radius 3 is 2.65 bits per heavy atom. The lowest BCUT2D eigenvalue weighted by Crippen LogP contribution is -2.29. The topological polar surface area (TPSA) is 102 Å². The van der Waals surface area contributed by atoms with Gasteiger partial charge >= 0.3 is 0 Å². The number of nitrogens with one attached hydrogen (secondary N) is 2. The molecule has 158 valence electrons. The zero-order valence-electron chi connectivity index (χ0n) is 16.8. The maximum Gasteiger partial charge on any atom is 0.274 e. The molecule has 0 aliphatic heterocycles. The number of rotatable bonds is 7. The van der Waals surface area contributed by atoms with E-state index in [1.807, 2.05) is 6.07 Å². The number of hydrogen-bond acceptors (Lipinski definition) is 5. The first kappa shape index (κ1) is 20.4. The van der Waals surface area contributed by atoms with Crippen molar-refractivity contribution in [2.24, 2.45) is 0 Å². The SMILES string of the molecule is COCCn1nc(CNC(=O)c2cc(-c3ccc(F)cc3)n[nH]2)c2ccccc2c1=O. The number of aromatic nitrogens is 4. The van der Waals surface area contributed by atoms with Gasteiger partial charge in [0.05, 0.1) is 36.5 Å². The molecule has 0 aliphatic rings. The molecule has 2 aromatic carbocycles. The number of ether oxygens (including phenoxy) is 1. The second kappa shape index (κ2) is 8.88. The summed E-state index contributed by atoms with van der Waals surface area (Å²) in [4.78, 5) is 25.2. The van der Waals surface area contributed by atoms with Crippen molar-refractivity contribution >= 4 is 16.7 Å². The van der Waals surface area contributed by atoms with Gasteiger partial charge in [0.1, 0.15) is 11.5 Å². The van der Waals surface area contributed by atoms with Crippen molar-refractivity contribution in [2.45, 2.75) is 13.1 Å². The molecule has 2 aromatic heterocycles. The van der Waals surface area contributed by atoms with Crippen molar-refractivity contribution < 1.29 is 13.9 Å². The minimum absolute atomic E-state index is 0.123. The predicted molar refractivity (Wildman–Crippen MR) is 113 cm³/mol. The molecule has 0 unspecified atom stereocenters. The number of benzene rings is 2. The fourth-order valence-electron chi connectivity index (χ4n) is 3.23. The number of aromatic amines is 1. The molecule has 2 N–H and O–H groups in total. The summed E-state index contributed by atoms with van der Waals surface area (Å²) in [6, 6.07) is 14.6. The third-order valence-corrected chi connectivity index (χ3v) is 4.83. The molecule has 0 bridgehead atoms. The van der Waals surface area contributed by atoms with Crippen LogP contribution in [0.1, 0.15) is 16.2 Å². The number of nitrogens with zero attached hydrogens (tertiary/aromatic N) is 3. The van der Waals surface area contributed by atoms with Gasteiger partial charge in [0.15, 0.2) is 0 Å². The third-order valence-electron chi connectivity index (χ3n) is 4.83. The van der Waals surface area contributed by atoms with Gasteiger partial charge in [-0.1, -0.05) is 18.2 Å². The number of carbonyl (C=O) groups is 1. The highest BCUT2D eigenvalue weighted by molar-refractivity contribution is 5.93. The minimum Gasteiger partial charge on any atom is -0.383 e. The van der Waals surface area contributed by atoms with Gasteiger partial charge in [-0.05, 0) is 36.4 Å². The van der Waals surface area contributed by atoms with Crippen LogP contribution >= 0.6 is 0 Å². The van der Waals surface area contributed by atoms with E-state index in [4.69, 9.17) is 4.74 Å². The van der Waals surface area contributed by atoms with Crippen molar-refractivity contribution in [1.29, 1.82) is 0 Å². The van der Waals surface area contributed by atoms with E-state index < -0.39 is 0 Å². The summed E-state index contributed by atoms with van der Waals surface area (Å²) in [5, 5.41) is 15.2. The van der Waals surface area contributed by atoms with Crippen LogP contribution in [0.3, 0.4) is 0 Å². The molecule has 31 heavy (non-hydrogen) atoms. The van der Waals surface area contributed by atoms with E-state index in [2.05, 4.69) is 20.6 Å². The first-order valence-electron chi connectivity index (χ1n) is 9.64. The quantitative estimate of drug-likeness (QED) is 0.477. The van der Waals surface area contributed by atoms with Crippen molar-refractivity contribution in [3.63, 3.8) is 0 Å². The van der Waals surface area contributed by atoms with Crippen LogP contribution in [0.4, 0.5) is 4.39 Å². The standard InChI is InChI=1S/C22H20FN5O3/c1-31-11-10-28-22(30)17-5-3-2-4-16(17)20(27-28)13-24-21(29)19-12-18(25-26-19)14-6-8-15(23)9-7-14/h2-9,12H,10-11,13H2,1H3,(H,24,29)(H,25,26). The van der Waals surface area contributed by atoms with Crippen LogP contribution in [0.2, 0.25) is 0 Å². The van der Waals surface area contributed by atoms with Gasteiger partial charge < -0.3 is 10.1 Å². The van der Waals surface area contributed by atoms with E-state index in [1.165, 1.54) is 16.8 Å². The number of methoxy groups -OCH3 is 1. The molecule has 0 aliphatic carbocycles. The van der Waals surface area contributed by atoms with Crippen LogP contribution in [0, 0.1) is 5.82 Å². The van der Waals surface area contributed by atoms with E-state index in [0.29, 0.717) is 40.9 Å². The fraction of sp³-hybridized carbons (Fsp3) is 0.182. The van der Waals surface area contributed by atoms with Gasteiger partial charge in [0.25, 0.3) is 11.5 Å². The highest BCUT2D eigenvalue weighted by atomic mass is 19.1. The van der Waals surface area contributed by atoms with Crippen LogP contribution in [0.15, 0.2) is 59.4 Å². The molecule has 1 amide bonds. The van der Waals surface area contributed by atoms with Crippen LogP contribution in [-0.4, -0.2) is 39.6 Å². The molecular formula is C22H20FN5O3. The molecule has 0 spiro atoms. The summed E-state index contributed by atoms with van der Waals surface area (Å²) < 4.78 is 19.5. The highest BCUT2D eigenvalue weighted by Gasteiger charge is 2.14. The maximum absolute atomic E-state index is 13.1. The van der Waals surface area contributed by atoms with Crippen LogP contribution in [-0.2, 0) is 17.8 Å². The number of fused-ring (bicyclic) bond motifs is 1. The number of H-pyrrole nitrogens is 1. The molecule has 4 aromatic rings. The monoisotopic (exact) mass is 421 g/mol. The Hall–Kier alpha value is -3.85. The van der Waals surface area contributed by atoms with Crippen molar-refractivity contribution in [3.8, 4) is 11.3 Å². The van der Waals surface area contributed by atoms with Gasteiger partial charge in [-0.2, -0.15) is 10.2 Å². The van der Waals surface area contributed by atoms with Crippen LogP contribution in [0.25, 0.3) is 22.0 Å². The Morgan fingerprint density at radius 1 is 1.16 bits per heavy atom. The average molecular weight is 421 g/mol. The van der Waals surface area contributed by atoms with Gasteiger partial charge in [-0.25, -0.2) is 9.07 Å². The second-order valence-corrected chi connectivity index (χ2v) is 6.87. The number of halogens is 1. The lowest BCUT2D eigenvalue weighted by molar-refractivity contribution is 0.0945. The molecule has 9 heteroatoms. The fourth-order valence-corrected chi connectivity index (χ4v) is 3.23. The normalized spacial score (nSPS) is 11.0. The molecule has 0 radical (unpaired) electrons. The number of carbonyl (C=O) groups excluding carboxylic acids is 1. The zero-order valence-corrected chi connectivity index (χ0v) is 16.8. The number of hydrogen-bond donors (Lipinski definition) is 2. The summed E-state index contributed by atoms with van der Waals surface area (Å²) >= 11 is 0. The van der Waals surface area contributed by atoms with Crippen molar-refractivity contribution in [3.05, 3.63) is 82.2 Å². The Balaban J connectivity index is 1.55. The van der Waals surface area contributed by atoms with Gasteiger partial charge in [-0.3, -0.25) is 14.7 Å². The van der Waals surface area contributed by atoms with Crippen LogP contribution in [0.5, 0.6) is 0 Å². The largest absolute Gasteiger partial charge is 0.383 e. The van der Waals surface area contributed by atoms with E-state index in [-0.39, 0.29) is 29.5 Å². The minimum atomic E-state index is -0.374. The molecule has 0 saturated heterocycles. The van der Waals surface area contributed by atoms with Crippen molar-refractivity contribution in [1.82, 2.24) is 25.3 Å². The molecule has 0 atom stereocenters. The molecule has 0 saturated carbocycles.